The van der Waals surface area contributed by atoms with E-state index in [2.05, 4.69) is 21.8 Å². The maximum Gasteiger partial charge on any atom is 0.252 e. The third kappa shape index (κ3) is 1.48. The van der Waals surface area contributed by atoms with Gasteiger partial charge in [-0.2, -0.15) is 5.10 Å². The number of amides is 1. The Labute approximate surface area is 81.5 Å². The van der Waals surface area contributed by atoms with Gasteiger partial charge in [-0.05, 0) is 0 Å². The Morgan fingerprint density at radius 2 is 2.43 bits per heavy atom. The van der Waals surface area contributed by atoms with Crippen LogP contribution in [0.3, 0.4) is 0 Å². The number of hydrogen-bond donors (Lipinski definition) is 0. The van der Waals surface area contributed by atoms with E-state index in [-0.39, 0.29) is 11.8 Å². The lowest BCUT2D eigenvalue weighted by Crippen LogP contribution is -2.26. The third-order valence-corrected chi connectivity index (χ3v) is 2.20. The lowest BCUT2D eigenvalue weighted by Gasteiger charge is -2.11. The standard InChI is InChI=1S/C9H10N4O/c1-2-7-5-8(14)13(6-7)9-10-3-4-11-12-9/h2-4,7H,1,5-6H2. The van der Waals surface area contributed by atoms with Gasteiger partial charge in [-0.3, -0.25) is 9.69 Å². The fraction of sp³-hybridized carbons (Fsp3) is 0.333. The minimum absolute atomic E-state index is 0.0305. The van der Waals surface area contributed by atoms with Crippen molar-refractivity contribution in [3.8, 4) is 0 Å². The van der Waals surface area contributed by atoms with E-state index in [0.29, 0.717) is 18.9 Å². The Morgan fingerprint density at radius 1 is 1.57 bits per heavy atom. The average Bonchev–Trinajstić information content (AvgIpc) is 2.61. The summed E-state index contributed by atoms with van der Waals surface area (Å²) in [5.41, 5.74) is 0. The SMILES string of the molecule is C=CC1CC(=O)N(c2nccnn2)C1. The van der Waals surface area contributed by atoms with E-state index in [1.807, 2.05) is 0 Å². The minimum atomic E-state index is 0.0305. The highest BCUT2D eigenvalue weighted by molar-refractivity contribution is 5.94. The molecule has 1 aromatic rings. The van der Waals surface area contributed by atoms with Gasteiger partial charge in [0.15, 0.2) is 0 Å². The van der Waals surface area contributed by atoms with Crippen LogP contribution in [0.2, 0.25) is 0 Å². The number of aromatic nitrogens is 3. The van der Waals surface area contributed by atoms with Gasteiger partial charge in [0.05, 0.1) is 12.4 Å². The van der Waals surface area contributed by atoms with E-state index in [1.165, 1.54) is 12.4 Å². The molecule has 0 bridgehead atoms. The summed E-state index contributed by atoms with van der Waals surface area (Å²) >= 11 is 0. The first kappa shape index (κ1) is 8.80. The molecule has 1 amide bonds. The summed E-state index contributed by atoms with van der Waals surface area (Å²) < 4.78 is 0. The van der Waals surface area contributed by atoms with Crippen molar-refractivity contribution >= 4 is 11.9 Å². The normalized spacial score (nSPS) is 21.3. The third-order valence-electron chi connectivity index (χ3n) is 2.20. The second-order valence-electron chi connectivity index (χ2n) is 3.15. The highest BCUT2D eigenvalue weighted by Crippen LogP contribution is 2.21. The van der Waals surface area contributed by atoms with Gasteiger partial charge in [-0.15, -0.1) is 11.7 Å². The molecule has 1 unspecified atom stereocenters. The monoisotopic (exact) mass is 190 g/mol. The highest BCUT2D eigenvalue weighted by Gasteiger charge is 2.30. The summed E-state index contributed by atoms with van der Waals surface area (Å²) in [7, 11) is 0. The molecule has 1 aliphatic heterocycles. The second kappa shape index (κ2) is 3.53. The van der Waals surface area contributed by atoms with Crippen molar-refractivity contribution < 1.29 is 4.79 Å². The van der Waals surface area contributed by atoms with Crippen LogP contribution < -0.4 is 4.90 Å². The summed E-state index contributed by atoms with van der Waals surface area (Å²) in [5, 5.41) is 7.47. The largest absolute Gasteiger partial charge is 0.279 e. The fourth-order valence-electron chi connectivity index (χ4n) is 1.45. The van der Waals surface area contributed by atoms with E-state index < -0.39 is 0 Å². The zero-order chi connectivity index (χ0) is 9.97. The highest BCUT2D eigenvalue weighted by atomic mass is 16.2. The van der Waals surface area contributed by atoms with Crippen molar-refractivity contribution in [2.24, 2.45) is 5.92 Å². The molecule has 1 atom stereocenters. The van der Waals surface area contributed by atoms with Crippen molar-refractivity contribution in [2.45, 2.75) is 6.42 Å². The Kier molecular flexibility index (Phi) is 2.22. The van der Waals surface area contributed by atoms with Crippen molar-refractivity contribution in [3.63, 3.8) is 0 Å². The van der Waals surface area contributed by atoms with Crippen molar-refractivity contribution in [1.82, 2.24) is 15.2 Å². The molecule has 0 N–H and O–H groups in total. The summed E-state index contributed by atoms with van der Waals surface area (Å²) in [6.45, 7) is 4.28. The average molecular weight is 190 g/mol. The predicted octanol–water partition coefficient (Wildman–Crippen LogP) is 0.410. The summed E-state index contributed by atoms with van der Waals surface area (Å²) in [5.74, 6) is 0.607. The lowest BCUT2D eigenvalue weighted by molar-refractivity contribution is -0.117. The molecule has 1 aliphatic rings. The Bertz CT molecular complexity index is 351. The van der Waals surface area contributed by atoms with Crippen molar-refractivity contribution in [2.75, 3.05) is 11.4 Å². The maximum atomic E-state index is 11.5. The van der Waals surface area contributed by atoms with Gasteiger partial charge in [-0.1, -0.05) is 6.08 Å². The van der Waals surface area contributed by atoms with Gasteiger partial charge in [0.2, 0.25) is 5.91 Å². The molecule has 0 aromatic carbocycles. The van der Waals surface area contributed by atoms with E-state index in [4.69, 9.17) is 0 Å². The van der Waals surface area contributed by atoms with Crippen LogP contribution in [-0.4, -0.2) is 27.6 Å². The number of rotatable bonds is 2. The van der Waals surface area contributed by atoms with Crippen LogP contribution in [0.1, 0.15) is 6.42 Å². The molecule has 1 aromatic heterocycles. The van der Waals surface area contributed by atoms with Crippen LogP contribution in [0.25, 0.3) is 0 Å². The van der Waals surface area contributed by atoms with Crippen LogP contribution >= 0.6 is 0 Å². The molecular formula is C9H10N4O. The molecule has 0 spiro atoms. The van der Waals surface area contributed by atoms with Gasteiger partial charge in [0, 0.05) is 18.9 Å². The maximum absolute atomic E-state index is 11.5. The number of hydrogen-bond acceptors (Lipinski definition) is 4. The first-order chi connectivity index (χ1) is 6.81. The Hall–Kier alpha value is -1.78. The summed E-state index contributed by atoms with van der Waals surface area (Å²) in [4.78, 5) is 17.0. The summed E-state index contributed by atoms with van der Waals surface area (Å²) in [6.07, 6.45) is 5.28. The van der Waals surface area contributed by atoms with Crippen molar-refractivity contribution in [3.05, 3.63) is 25.0 Å². The van der Waals surface area contributed by atoms with Gasteiger partial charge in [-0.25, -0.2) is 4.98 Å². The predicted molar refractivity (Wildman–Crippen MR) is 50.5 cm³/mol. The number of carbonyl (C=O) groups excluding carboxylic acids is 1. The van der Waals surface area contributed by atoms with Gasteiger partial charge < -0.3 is 0 Å². The van der Waals surface area contributed by atoms with Crippen LogP contribution in [0.15, 0.2) is 25.0 Å². The van der Waals surface area contributed by atoms with Crippen LogP contribution in [0.4, 0.5) is 5.95 Å². The minimum Gasteiger partial charge on any atom is -0.279 e. The van der Waals surface area contributed by atoms with Gasteiger partial charge in [0.1, 0.15) is 0 Å². The molecule has 0 saturated carbocycles. The number of anilines is 1. The molecule has 2 rings (SSSR count). The first-order valence-corrected chi connectivity index (χ1v) is 4.38. The van der Waals surface area contributed by atoms with E-state index in [0.717, 1.165) is 0 Å². The number of carbonyl (C=O) groups is 1. The molecule has 2 heterocycles. The number of nitrogens with zero attached hydrogens (tertiary/aromatic N) is 4. The molecule has 0 radical (unpaired) electrons. The molecule has 0 aliphatic carbocycles. The zero-order valence-electron chi connectivity index (χ0n) is 7.63. The summed E-state index contributed by atoms with van der Waals surface area (Å²) in [6, 6.07) is 0. The zero-order valence-corrected chi connectivity index (χ0v) is 7.63. The van der Waals surface area contributed by atoms with Crippen molar-refractivity contribution in [1.29, 1.82) is 0 Å². The Balaban J connectivity index is 2.21. The molecular weight excluding hydrogens is 180 g/mol. The molecule has 1 saturated heterocycles. The first-order valence-electron chi connectivity index (χ1n) is 4.38. The molecule has 14 heavy (non-hydrogen) atoms. The topological polar surface area (TPSA) is 59.0 Å². The van der Waals surface area contributed by atoms with E-state index in [1.54, 1.807) is 11.0 Å². The van der Waals surface area contributed by atoms with E-state index in [9.17, 15) is 4.79 Å². The lowest BCUT2D eigenvalue weighted by atomic mass is 10.1. The molecule has 5 heteroatoms. The second-order valence-corrected chi connectivity index (χ2v) is 3.15. The van der Waals surface area contributed by atoms with E-state index >= 15 is 0 Å². The van der Waals surface area contributed by atoms with Gasteiger partial charge >= 0.3 is 0 Å². The van der Waals surface area contributed by atoms with Crippen LogP contribution in [0.5, 0.6) is 0 Å². The molecule has 1 fully saturated rings. The Morgan fingerprint density at radius 3 is 3.00 bits per heavy atom. The smallest absolute Gasteiger partial charge is 0.252 e. The quantitative estimate of drug-likeness (QED) is 0.634. The van der Waals surface area contributed by atoms with Crippen LogP contribution in [0, 0.1) is 5.92 Å². The molecule has 72 valence electrons. The van der Waals surface area contributed by atoms with Gasteiger partial charge in [0.25, 0.3) is 5.95 Å². The molecule has 5 nitrogen and oxygen atoms in total. The fourth-order valence-corrected chi connectivity index (χ4v) is 1.45. The van der Waals surface area contributed by atoms with Crippen LogP contribution in [-0.2, 0) is 4.79 Å².